The minimum Gasteiger partial charge on any atom is -0.310 e. The molecule has 0 aliphatic carbocycles. The topological polar surface area (TPSA) is 81.3 Å². The third kappa shape index (κ3) is 3.38. The van der Waals surface area contributed by atoms with Crippen LogP contribution in [-0.4, -0.2) is 25.1 Å². The SMILES string of the molecule is Cn1nc(CC(=O)Nc2c(-c3ccc(F)cc3)nc3sccn23)c2ccccc2c1=O. The van der Waals surface area contributed by atoms with Crippen LogP contribution in [0.2, 0.25) is 0 Å². The van der Waals surface area contributed by atoms with Crippen LogP contribution in [0.4, 0.5) is 10.2 Å². The van der Waals surface area contributed by atoms with Crippen molar-refractivity contribution in [3.05, 3.63) is 82.0 Å². The third-order valence-electron chi connectivity index (χ3n) is 5.00. The molecular weight excluding hydrogens is 417 g/mol. The van der Waals surface area contributed by atoms with E-state index < -0.39 is 0 Å². The molecular formula is C22H16FN5O2S. The standard InChI is InChI=1S/C22H16FN5O2S/c1-27-21(30)16-5-3-2-4-15(16)17(26-27)12-18(29)24-20-19(13-6-8-14(23)9-7-13)25-22-28(20)10-11-31-22/h2-11H,12H2,1H3,(H,24,29). The summed E-state index contributed by atoms with van der Waals surface area (Å²) in [5.41, 5.74) is 1.54. The zero-order valence-electron chi connectivity index (χ0n) is 16.4. The second-order valence-electron chi connectivity index (χ2n) is 7.02. The van der Waals surface area contributed by atoms with Crippen LogP contribution in [0.5, 0.6) is 0 Å². The number of aryl methyl sites for hydroxylation is 1. The maximum absolute atomic E-state index is 13.4. The Bertz CT molecular complexity index is 1500. The zero-order valence-corrected chi connectivity index (χ0v) is 17.2. The van der Waals surface area contributed by atoms with Crippen molar-refractivity contribution in [2.75, 3.05) is 5.32 Å². The number of hydrogen-bond donors (Lipinski definition) is 1. The maximum atomic E-state index is 13.4. The Balaban J connectivity index is 1.52. The number of thiazole rings is 1. The molecule has 0 spiro atoms. The molecule has 5 rings (SSSR count). The Morgan fingerprint density at radius 1 is 1.13 bits per heavy atom. The van der Waals surface area contributed by atoms with Gasteiger partial charge in [-0.25, -0.2) is 14.1 Å². The quantitative estimate of drug-likeness (QED) is 0.469. The molecule has 0 fully saturated rings. The first-order chi connectivity index (χ1) is 15.0. The number of carbonyl (C=O) groups excluding carboxylic acids is 1. The number of aromatic nitrogens is 4. The number of nitrogens with one attached hydrogen (secondary N) is 1. The van der Waals surface area contributed by atoms with Gasteiger partial charge in [0.1, 0.15) is 17.3 Å². The second-order valence-corrected chi connectivity index (χ2v) is 7.89. The fourth-order valence-corrected chi connectivity index (χ4v) is 4.26. The molecule has 0 bridgehead atoms. The molecule has 2 aromatic carbocycles. The number of carbonyl (C=O) groups is 1. The van der Waals surface area contributed by atoms with Crippen LogP contribution in [0.25, 0.3) is 27.0 Å². The Hall–Kier alpha value is -3.85. The van der Waals surface area contributed by atoms with E-state index in [1.807, 2.05) is 17.6 Å². The van der Waals surface area contributed by atoms with Gasteiger partial charge >= 0.3 is 0 Å². The van der Waals surface area contributed by atoms with E-state index in [9.17, 15) is 14.0 Å². The normalized spacial score (nSPS) is 11.3. The highest BCUT2D eigenvalue weighted by Crippen LogP contribution is 2.31. The van der Waals surface area contributed by atoms with E-state index >= 15 is 0 Å². The van der Waals surface area contributed by atoms with Gasteiger partial charge in [0.2, 0.25) is 5.91 Å². The molecule has 0 aliphatic heterocycles. The number of fused-ring (bicyclic) bond motifs is 2. The highest BCUT2D eigenvalue weighted by Gasteiger charge is 2.19. The van der Waals surface area contributed by atoms with Crippen molar-refractivity contribution in [1.82, 2.24) is 19.2 Å². The van der Waals surface area contributed by atoms with Crippen LogP contribution in [0.1, 0.15) is 5.69 Å². The van der Waals surface area contributed by atoms with Crippen LogP contribution in [0, 0.1) is 5.82 Å². The summed E-state index contributed by atoms with van der Waals surface area (Å²) in [5.74, 6) is -0.141. The monoisotopic (exact) mass is 433 g/mol. The molecule has 3 aromatic heterocycles. The van der Waals surface area contributed by atoms with E-state index in [2.05, 4.69) is 15.4 Å². The molecule has 154 valence electrons. The number of halogens is 1. The lowest BCUT2D eigenvalue weighted by molar-refractivity contribution is -0.115. The minimum atomic E-state index is -0.344. The summed E-state index contributed by atoms with van der Waals surface area (Å²) in [4.78, 5) is 30.6. The van der Waals surface area contributed by atoms with Gasteiger partial charge in [0.15, 0.2) is 4.96 Å². The van der Waals surface area contributed by atoms with Crippen molar-refractivity contribution < 1.29 is 9.18 Å². The smallest absolute Gasteiger partial charge is 0.274 e. The molecule has 3 heterocycles. The molecule has 0 saturated heterocycles. The van der Waals surface area contributed by atoms with Gasteiger partial charge in [0.05, 0.1) is 17.5 Å². The molecule has 7 nitrogen and oxygen atoms in total. The molecule has 0 unspecified atom stereocenters. The van der Waals surface area contributed by atoms with Gasteiger partial charge in [0, 0.05) is 29.6 Å². The number of benzene rings is 2. The number of hydrogen-bond acceptors (Lipinski definition) is 5. The molecule has 1 N–H and O–H groups in total. The van der Waals surface area contributed by atoms with Crippen molar-refractivity contribution >= 4 is 38.8 Å². The predicted octanol–water partition coefficient (Wildman–Crippen LogP) is 3.63. The van der Waals surface area contributed by atoms with Crippen molar-refractivity contribution in [2.24, 2.45) is 7.05 Å². The van der Waals surface area contributed by atoms with E-state index in [0.29, 0.717) is 38.5 Å². The Kier molecular flexibility index (Phi) is 4.59. The Labute approximate surface area is 179 Å². The summed E-state index contributed by atoms with van der Waals surface area (Å²) in [6.45, 7) is 0. The van der Waals surface area contributed by atoms with E-state index in [0.717, 1.165) is 0 Å². The molecule has 0 atom stereocenters. The second kappa shape index (κ2) is 7.44. The van der Waals surface area contributed by atoms with Crippen LogP contribution in [0.3, 0.4) is 0 Å². The Morgan fingerprint density at radius 2 is 1.87 bits per heavy atom. The molecule has 31 heavy (non-hydrogen) atoms. The molecule has 0 aliphatic rings. The number of rotatable bonds is 4. The fourth-order valence-electron chi connectivity index (χ4n) is 3.55. The zero-order chi connectivity index (χ0) is 21.5. The number of amides is 1. The first kappa shape index (κ1) is 19.1. The molecule has 0 radical (unpaired) electrons. The van der Waals surface area contributed by atoms with Crippen molar-refractivity contribution in [3.8, 4) is 11.3 Å². The lowest BCUT2D eigenvalue weighted by Crippen LogP contribution is -2.24. The van der Waals surface area contributed by atoms with Gasteiger partial charge in [0.25, 0.3) is 5.56 Å². The molecule has 1 amide bonds. The minimum absolute atomic E-state index is 0.0190. The van der Waals surface area contributed by atoms with Crippen LogP contribution >= 0.6 is 11.3 Å². The summed E-state index contributed by atoms with van der Waals surface area (Å²) in [5, 5.41) is 10.3. The molecule has 5 aromatic rings. The van der Waals surface area contributed by atoms with Crippen molar-refractivity contribution in [2.45, 2.75) is 6.42 Å². The lowest BCUT2D eigenvalue weighted by Gasteiger charge is -2.10. The first-order valence-corrected chi connectivity index (χ1v) is 10.4. The van der Waals surface area contributed by atoms with Gasteiger partial charge in [-0.2, -0.15) is 5.10 Å². The summed E-state index contributed by atoms with van der Waals surface area (Å²) >= 11 is 1.43. The van der Waals surface area contributed by atoms with Crippen LogP contribution in [0.15, 0.2) is 64.9 Å². The van der Waals surface area contributed by atoms with Gasteiger partial charge in [-0.15, -0.1) is 11.3 Å². The molecule has 0 saturated carbocycles. The summed E-state index contributed by atoms with van der Waals surface area (Å²) in [6.07, 6.45) is 1.80. The third-order valence-corrected chi connectivity index (χ3v) is 5.76. The van der Waals surface area contributed by atoms with E-state index in [1.165, 1.54) is 28.2 Å². The lowest BCUT2D eigenvalue weighted by atomic mass is 10.1. The highest BCUT2D eigenvalue weighted by molar-refractivity contribution is 7.15. The molecule has 9 heteroatoms. The summed E-state index contributed by atoms with van der Waals surface area (Å²) in [6, 6.07) is 13.1. The summed E-state index contributed by atoms with van der Waals surface area (Å²) < 4.78 is 16.4. The summed E-state index contributed by atoms with van der Waals surface area (Å²) in [7, 11) is 1.56. The number of nitrogens with zero attached hydrogens (tertiary/aromatic N) is 4. The van der Waals surface area contributed by atoms with Gasteiger partial charge in [-0.3, -0.25) is 14.0 Å². The van der Waals surface area contributed by atoms with Crippen molar-refractivity contribution in [1.29, 1.82) is 0 Å². The Morgan fingerprint density at radius 3 is 2.65 bits per heavy atom. The van der Waals surface area contributed by atoms with Gasteiger partial charge < -0.3 is 5.32 Å². The van der Waals surface area contributed by atoms with Gasteiger partial charge in [-0.1, -0.05) is 18.2 Å². The average Bonchev–Trinajstić information content (AvgIpc) is 3.35. The highest BCUT2D eigenvalue weighted by atomic mass is 32.1. The van der Waals surface area contributed by atoms with Crippen molar-refractivity contribution in [3.63, 3.8) is 0 Å². The number of anilines is 1. The maximum Gasteiger partial charge on any atom is 0.274 e. The first-order valence-electron chi connectivity index (χ1n) is 9.47. The van der Waals surface area contributed by atoms with Crippen LogP contribution in [-0.2, 0) is 18.3 Å². The van der Waals surface area contributed by atoms with E-state index in [-0.39, 0.29) is 23.7 Å². The fraction of sp³-hybridized carbons (Fsp3) is 0.0909. The van der Waals surface area contributed by atoms with E-state index in [4.69, 9.17) is 0 Å². The number of imidazole rings is 1. The van der Waals surface area contributed by atoms with E-state index in [1.54, 1.807) is 41.8 Å². The predicted molar refractivity (Wildman–Crippen MR) is 118 cm³/mol. The van der Waals surface area contributed by atoms with Crippen LogP contribution < -0.4 is 10.9 Å². The average molecular weight is 433 g/mol. The van der Waals surface area contributed by atoms with Gasteiger partial charge in [-0.05, 0) is 30.3 Å². The largest absolute Gasteiger partial charge is 0.310 e.